The predicted octanol–water partition coefficient (Wildman–Crippen LogP) is 3.12. The third kappa shape index (κ3) is 3.91. The molecule has 4 heteroatoms. The molecular weight excluding hydrogens is 282 g/mol. The number of hydrogen-bond acceptors (Lipinski definition) is 3. The summed E-state index contributed by atoms with van der Waals surface area (Å²) in [6, 6.07) is 7.05. The van der Waals surface area contributed by atoms with Crippen LogP contribution in [0.2, 0.25) is 5.02 Å². The first-order chi connectivity index (χ1) is 10.3. The Labute approximate surface area is 133 Å². The minimum absolute atomic E-state index is 0.734. The highest BCUT2D eigenvalue weighted by atomic mass is 35.5. The Bertz CT molecular complexity index is 465. The number of para-hydroxylation sites is 1. The summed E-state index contributed by atoms with van der Waals surface area (Å²) >= 11 is 6.51. The number of rotatable bonds is 6. The van der Waals surface area contributed by atoms with Gasteiger partial charge in [0.15, 0.2) is 0 Å². The van der Waals surface area contributed by atoms with Crippen molar-refractivity contribution < 1.29 is 0 Å². The zero-order chi connectivity index (χ0) is 14.7. The molecule has 2 aliphatic rings. The summed E-state index contributed by atoms with van der Waals surface area (Å²) in [5.74, 6) is 0. The minimum atomic E-state index is 0.734. The molecule has 1 aromatic rings. The van der Waals surface area contributed by atoms with Gasteiger partial charge in [-0.05, 0) is 37.4 Å². The Morgan fingerprint density at radius 2 is 1.95 bits per heavy atom. The number of hydrogen-bond donors (Lipinski definition) is 1. The quantitative estimate of drug-likeness (QED) is 0.871. The highest BCUT2D eigenvalue weighted by molar-refractivity contribution is 6.33. The minimum Gasteiger partial charge on any atom is -0.368 e. The maximum atomic E-state index is 6.51. The lowest BCUT2D eigenvalue weighted by Crippen LogP contribution is -2.47. The van der Waals surface area contributed by atoms with Crippen molar-refractivity contribution >= 4 is 17.3 Å². The molecule has 1 aromatic carbocycles. The van der Waals surface area contributed by atoms with Gasteiger partial charge in [0.05, 0.1) is 10.7 Å². The first kappa shape index (κ1) is 15.1. The lowest BCUT2D eigenvalue weighted by atomic mass is 10.1. The molecule has 116 valence electrons. The van der Waals surface area contributed by atoms with Crippen LogP contribution in [0.25, 0.3) is 0 Å². The highest BCUT2D eigenvalue weighted by Gasteiger charge is 2.23. The Kier molecular flexibility index (Phi) is 5.04. The van der Waals surface area contributed by atoms with Crippen LogP contribution in [-0.4, -0.2) is 43.7 Å². The molecule has 1 saturated carbocycles. The van der Waals surface area contributed by atoms with E-state index in [0.29, 0.717) is 0 Å². The zero-order valence-electron chi connectivity index (χ0n) is 12.9. The number of nitrogens with zero attached hydrogens (tertiary/aromatic N) is 2. The van der Waals surface area contributed by atoms with Gasteiger partial charge in [-0.25, -0.2) is 0 Å². The van der Waals surface area contributed by atoms with Crippen molar-refractivity contribution in [1.82, 2.24) is 10.2 Å². The van der Waals surface area contributed by atoms with Gasteiger partial charge in [-0.3, -0.25) is 4.90 Å². The van der Waals surface area contributed by atoms with E-state index in [9.17, 15) is 0 Å². The summed E-state index contributed by atoms with van der Waals surface area (Å²) in [6.45, 7) is 8.87. The second-order valence-corrected chi connectivity index (χ2v) is 6.64. The maximum Gasteiger partial charge on any atom is 0.0642 e. The fourth-order valence-electron chi connectivity index (χ4n) is 3.11. The molecular formula is C17H26ClN3. The number of anilines is 1. The molecule has 1 N–H and O–H groups in total. The van der Waals surface area contributed by atoms with E-state index in [1.807, 2.05) is 6.07 Å². The lowest BCUT2D eigenvalue weighted by molar-refractivity contribution is 0.258. The summed E-state index contributed by atoms with van der Waals surface area (Å²) in [5, 5.41) is 4.51. The molecule has 1 heterocycles. The molecule has 0 amide bonds. The second-order valence-electron chi connectivity index (χ2n) is 6.23. The van der Waals surface area contributed by atoms with Gasteiger partial charge >= 0.3 is 0 Å². The fraction of sp³-hybridized carbons (Fsp3) is 0.647. The van der Waals surface area contributed by atoms with Gasteiger partial charge in [-0.1, -0.05) is 30.7 Å². The molecule has 0 aromatic heterocycles. The van der Waals surface area contributed by atoms with Crippen LogP contribution >= 0.6 is 11.6 Å². The molecule has 1 aliphatic heterocycles. The van der Waals surface area contributed by atoms with Crippen LogP contribution < -0.4 is 10.2 Å². The molecule has 1 aliphatic carbocycles. The lowest BCUT2D eigenvalue weighted by Gasteiger charge is -2.37. The van der Waals surface area contributed by atoms with E-state index in [4.69, 9.17) is 11.6 Å². The molecule has 3 rings (SSSR count). The largest absolute Gasteiger partial charge is 0.368 e. The zero-order valence-corrected chi connectivity index (χ0v) is 13.7. The van der Waals surface area contributed by atoms with E-state index in [2.05, 4.69) is 34.2 Å². The molecule has 0 atom stereocenters. The van der Waals surface area contributed by atoms with Gasteiger partial charge in [0.2, 0.25) is 0 Å². The summed E-state index contributed by atoms with van der Waals surface area (Å²) in [6.07, 6.45) is 3.89. The van der Waals surface area contributed by atoms with E-state index in [0.717, 1.165) is 43.8 Å². The van der Waals surface area contributed by atoms with E-state index in [-0.39, 0.29) is 0 Å². The van der Waals surface area contributed by atoms with E-state index >= 15 is 0 Å². The van der Waals surface area contributed by atoms with Crippen LogP contribution in [0, 0.1) is 0 Å². The smallest absolute Gasteiger partial charge is 0.0642 e. The SMILES string of the molecule is CCCN1CCN(c2c(Cl)cccc2CNC2CC2)CC1. The molecule has 0 unspecified atom stereocenters. The van der Waals surface area contributed by atoms with Gasteiger partial charge in [0.1, 0.15) is 0 Å². The van der Waals surface area contributed by atoms with E-state index < -0.39 is 0 Å². The predicted molar refractivity (Wildman–Crippen MR) is 90.3 cm³/mol. The molecule has 0 spiro atoms. The second kappa shape index (κ2) is 6.99. The van der Waals surface area contributed by atoms with Gasteiger partial charge in [0, 0.05) is 38.8 Å². The van der Waals surface area contributed by atoms with Crippen LogP contribution in [0.1, 0.15) is 31.7 Å². The molecule has 1 saturated heterocycles. The number of nitrogens with one attached hydrogen (secondary N) is 1. The Morgan fingerprint density at radius 3 is 2.62 bits per heavy atom. The fourth-order valence-corrected chi connectivity index (χ4v) is 3.42. The Hall–Kier alpha value is -0.770. The summed E-state index contributed by atoms with van der Waals surface area (Å²) in [4.78, 5) is 5.02. The molecule has 0 radical (unpaired) electrons. The average molecular weight is 308 g/mol. The summed E-state index contributed by atoms with van der Waals surface area (Å²) in [7, 11) is 0. The van der Waals surface area contributed by atoms with Crippen molar-refractivity contribution in [2.75, 3.05) is 37.6 Å². The van der Waals surface area contributed by atoms with Crippen molar-refractivity contribution in [3.05, 3.63) is 28.8 Å². The van der Waals surface area contributed by atoms with Crippen LogP contribution in [0.3, 0.4) is 0 Å². The van der Waals surface area contributed by atoms with Gasteiger partial charge in [-0.2, -0.15) is 0 Å². The van der Waals surface area contributed by atoms with E-state index in [1.54, 1.807) is 0 Å². The standard InChI is InChI=1S/C17H26ClN3/c1-2-8-20-9-11-21(12-10-20)17-14(4-3-5-16(17)18)13-19-15-6-7-15/h3-5,15,19H,2,6-13H2,1H3. The van der Waals surface area contributed by atoms with Crippen LogP contribution in [0.15, 0.2) is 18.2 Å². The Morgan fingerprint density at radius 1 is 1.19 bits per heavy atom. The molecule has 0 bridgehead atoms. The molecule has 3 nitrogen and oxygen atoms in total. The third-order valence-corrected chi connectivity index (χ3v) is 4.76. The first-order valence-electron chi connectivity index (χ1n) is 8.26. The van der Waals surface area contributed by atoms with Crippen molar-refractivity contribution in [1.29, 1.82) is 0 Å². The van der Waals surface area contributed by atoms with Crippen molar-refractivity contribution in [2.45, 2.75) is 38.8 Å². The summed E-state index contributed by atoms with van der Waals surface area (Å²) < 4.78 is 0. The van der Waals surface area contributed by atoms with Gasteiger partial charge in [0.25, 0.3) is 0 Å². The van der Waals surface area contributed by atoms with Crippen LogP contribution in [0.5, 0.6) is 0 Å². The highest BCUT2D eigenvalue weighted by Crippen LogP contribution is 2.31. The van der Waals surface area contributed by atoms with Gasteiger partial charge < -0.3 is 10.2 Å². The molecule has 2 fully saturated rings. The first-order valence-corrected chi connectivity index (χ1v) is 8.64. The van der Waals surface area contributed by atoms with E-state index in [1.165, 1.54) is 37.1 Å². The van der Waals surface area contributed by atoms with Crippen LogP contribution in [-0.2, 0) is 6.54 Å². The Balaban J connectivity index is 1.68. The van der Waals surface area contributed by atoms with Crippen molar-refractivity contribution in [3.63, 3.8) is 0 Å². The monoisotopic (exact) mass is 307 g/mol. The normalized spacial score (nSPS) is 20.0. The topological polar surface area (TPSA) is 18.5 Å². The van der Waals surface area contributed by atoms with Crippen LogP contribution in [0.4, 0.5) is 5.69 Å². The average Bonchev–Trinajstić information content (AvgIpc) is 3.31. The number of piperazine rings is 1. The van der Waals surface area contributed by atoms with Crippen molar-refractivity contribution in [2.24, 2.45) is 0 Å². The summed E-state index contributed by atoms with van der Waals surface area (Å²) in [5.41, 5.74) is 2.60. The van der Waals surface area contributed by atoms with Gasteiger partial charge in [-0.15, -0.1) is 0 Å². The third-order valence-electron chi connectivity index (χ3n) is 4.46. The molecule has 21 heavy (non-hydrogen) atoms. The maximum absolute atomic E-state index is 6.51. The number of benzene rings is 1. The number of halogens is 1. The van der Waals surface area contributed by atoms with Crippen molar-refractivity contribution in [3.8, 4) is 0 Å².